The SMILES string of the molecule is COc1cccc(Nc2ncc(C)c(C(C)(C)C)n2)c1OC. The second kappa shape index (κ2) is 6.22. The van der Waals surface area contributed by atoms with Crippen LogP contribution in [0.5, 0.6) is 11.5 Å². The topological polar surface area (TPSA) is 56.3 Å². The fourth-order valence-electron chi connectivity index (χ4n) is 2.37. The maximum Gasteiger partial charge on any atom is 0.227 e. The van der Waals surface area contributed by atoms with Crippen molar-refractivity contribution < 1.29 is 9.47 Å². The van der Waals surface area contributed by atoms with Crippen LogP contribution in [0.3, 0.4) is 0 Å². The Bertz CT molecular complexity index is 663. The van der Waals surface area contributed by atoms with E-state index in [1.165, 1.54) is 0 Å². The first-order valence-corrected chi connectivity index (χ1v) is 7.19. The van der Waals surface area contributed by atoms with Gasteiger partial charge in [-0.05, 0) is 24.6 Å². The predicted molar refractivity (Wildman–Crippen MR) is 88.3 cm³/mol. The summed E-state index contributed by atoms with van der Waals surface area (Å²) in [4.78, 5) is 9.01. The third kappa shape index (κ3) is 3.30. The Labute approximate surface area is 131 Å². The molecule has 118 valence electrons. The molecule has 0 amide bonds. The van der Waals surface area contributed by atoms with Gasteiger partial charge in [-0.2, -0.15) is 0 Å². The lowest BCUT2D eigenvalue weighted by Crippen LogP contribution is -2.17. The number of nitrogens with one attached hydrogen (secondary N) is 1. The van der Waals surface area contributed by atoms with Gasteiger partial charge in [0.2, 0.25) is 5.95 Å². The molecule has 5 heteroatoms. The molecule has 1 aromatic heterocycles. The van der Waals surface area contributed by atoms with Crippen LogP contribution in [-0.2, 0) is 5.41 Å². The minimum atomic E-state index is -0.0398. The molecule has 22 heavy (non-hydrogen) atoms. The summed E-state index contributed by atoms with van der Waals surface area (Å²) < 4.78 is 10.7. The van der Waals surface area contributed by atoms with E-state index in [0.717, 1.165) is 16.9 Å². The molecule has 0 fully saturated rings. The Morgan fingerprint density at radius 3 is 2.41 bits per heavy atom. The van der Waals surface area contributed by atoms with E-state index in [9.17, 15) is 0 Å². The van der Waals surface area contributed by atoms with Crippen molar-refractivity contribution in [3.05, 3.63) is 35.7 Å². The third-order valence-corrected chi connectivity index (χ3v) is 3.33. The second-order valence-electron chi connectivity index (χ2n) is 6.14. The van der Waals surface area contributed by atoms with Gasteiger partial charge >= 0.3 is 0 Å². The molecule has 0 spiro atoms. The van der Waals surface area contributed by atoms with Gasteiger partial charge in [0.25, 0.3) is 0 Å². The number of hydrogen-bond acceptors (Lipinski definition) is 5. The lowest BCUT2D eigenvalue weighted by Gasteiger charge is -2.21. The van der Waals surface area contributed by atoms with Crippen molar-refractivity contribution in [3.63, 3.8) is 0 Å². The maximum atomic E-state index is 5.42. The first-order valence-electron chi connectivity index (χ1n) is 7.19. The lowest BCUT2D eigenvalue weighted by atomic mass is 9.89. The molecule has 2 rings (SSSR count). The number of aromatic nitrogens is 2. The number of ether oxygens (including phenoxy) is 2. The summed E-state index contributed by atoms with van der Waals surface area (Å²) in [6.07, 6.45) is 1.84. The smallest absolute Gasteiger partial charge is 0.227 e. The molecule has 0 atom stereocenters. The van der Waals surface area contributed by atoms with Crippen molar-refractivity contribution in [2.24, 2.45) is 0 Å². The number of anilines is 2. The number of para-hydroxylation sites is 1. The minimum absolute atomic E-state index is 0.0398. The normalized spacial score (nSPS) is 11.2. The molecular weight excluding hydrogens is 278 g/mol. The molecule has 0 saturated heterocycles. The van der Waals surface area contributed by atoms with Crippen molar-refractivity contribution in [3.8, 4) is 11.5 Å². The molecule has 0 bridgehead atoms. The van der Waals surface area contributed by atoms with Crippen LogP contribution in [0.1, 0.15) is 32.0 Å². The van der Waals surface area contributed by atoms with Gasteiger partial charge in [0.05, 0.1) is 25.6 Å². The molecule has 0 unspecified atom stereocenters. The first kappa shape index (κ1) is 16.1. The highest BCUT2D eigenvalue weighted by Gasteiger charge is 2.19. The highest BCUT2D eigenvalue weighted by Crippen LogP contribution is 2.36. The summed E-state index contributed by atoms with van der Waals surface area (Å²) >= 11 is 0. The van der Waals surface area contributed by atoms with Crippen LogP contribution >= 0.6 is 0 Å². The summed E-state index contributed by atoms with van der Waals surface area (Å²) in [7, 11) is 3.22. The van der Waals surface area contributed by atoms with E-state index in [2.05, 4.69) is 36.1 Å². The molecule has 2 aromatic rings. The fraction of sp³-hybridized carbons (Fsp3) is 0.412. The fourth-order valence-corrected chi connectivity index (χ4v) is 2.37. The van der Waals surface area contributed by atoms with Crippen molar-refractivity contribution >= 4 is 11.6 Å². The number of rotatable bonds is 4. The van der Waals surface area contributed by atoms with E-state index in [1.807, 2.05) is 31.3 Å². The van der Waals surface area contributed by atoms with Crippen LogP contribution in [-0.4, -0.2) is 24.2 Å². The van der Waals surface area contributed by atoms with Crippen LogP contribution in [0.25, 0.3) is 0 Å². The molecule has 1 heterocycles. The largest absolute Gasteiger partial charge is 0.493 e. The van der Waals surface area contributed by atoms with Crippen molar-refractivity contribution in [1.82, 2.24) is 9.97 Å². The monoisotopic (exact) mass is 301 g/mol. The molecule has 1 aromatic carbocycles. The Hall–Kier alpha value is -2.30. The number of nitrogens with zero attached hydrogens (tertiary/aromatic N) is 2. The van der Waals surface area contributed by atoms with Crippen LogP contribution in [0, 0.1) is 6.92 Å². The summed E-state index contributed by atoms with van der Waals surface area (Å²) in [6.45, 7) is 8.44. The lowest BCUT2D eigenvalue weighted by molar-refractivity contribution is 0.356. The van der Waals surface area contributed by atoms with E-state index in [0.29, 0.717) is 17.4 Å². The number of aryl methyl sites for hydroxylation is 1. The minimum Gasteiger partial charge on any atom is -0.493 e. The number of methoxy groups -OCH3 is 2. The van der Waals surface area contributed by atoms with Crippen molar-refractivity contribution in [2.45, 2.75) is 33.1 Å². The highest BCUT2D eigenvalue weighted by molar-refractivity contribution is 5.67. The van der Waals surface area contributed by atoms with Crippen molar-refractivity contribution in [2.75, 3.05) is 19.5 Å². The quantitative estimate of drug-likeness (QED) is 0.929. The predicted octanol–water partition coefficient (Wildman–Crippen LogP) is 3.84. The van der Waals surface area contributed by atoms with Gasteiger partial charge in [-0.15, -0.1) is 0 Å². The average molecular weight is 301 g/mol. The Morgan fingerprint density at radius 2 is 1.82 bits per heavy atom. The highest BCUT2D eigenvalue weighted by atomic mass is 16.5. The average Bonchev–Trinajstić information content (AvgIpc) is 2.47. The van der Waals surface area contributed by atoms with Crippen LogP contribution < -0.4 is 14.8 Å². The summed E-state index contributed by atoms with van der Waals surface area (Å²) in [5, 5.41) is 3.21. The van der Waals surface area contributed by atoms with Gasteiger partial charge in [0, 0.05) is 11.6 Å². The van der Waals surface area contributed by atoms with Gasteiger partial charge in [0.15, 0.2) is 11.5 Å². The van der Waals surface area contributed by atoms with Gasteiger partial charge in [-0.1, -0.05) is 26.8 Å². The molecule has 1 N–H and O–H groups in total. The van der Waals surface area contributed by atoms with Crippen LogP contribution in [0.4, 0.5) is 11.6 Å². The number of benzene rings is 1. The van der Waals surface area contributed by atoms with Gasteiger partial charge in [-0.25, -0.2) is 9.97 Å². The summed E-state index contributed by atoms with van der Waals surface area (Å²) in [6, 6.07) is 5.64. The van der Waals surface area contributed by atoms with Crippen molar-refractivity contribution in [1.29, 1.82) is 0 Å². The number of hydrogen-bond donors (Lipinski definition) is 1. The van der Waals surface area contributed by atoms with Crippen LogP contribution in [0.15, 0.2) is 24.4 Å². The molecule has 0 aliphatic carbocycles. The standard InChI is InChI=1S/C17H23N3O2/c1-11-10-18-16(20-15(11)17(2,3)4)19-12-8-7-9-13(21-5)14(12)22-6/h7-10H,1-6H3,(H,18,19,20). The molecule has 0 aliphatic rings. The zero-order valence-electron chi connectivity index (χ0n) is 14.0. The van der Waals surface area contributed by atoms with E-state index in [-0.39, 0.29) is 5.41 Å². The molecule has 0 aliphatic heterocycles. The van der Waals surface area contributed by atoms with Gasteiger partial charge < -0.3 is 14.8 Å². The molecule has 0 saturated carbocycles. The van der Waals surface area contributed by atoms with E-state index in [4.69, 9.17) is 9.47 Å². The summed E-state index contributed by atoms with van der Waals surface area (Å²) in [5.41, 5.74) is 2.83. The molecular formula is C17H23N3O2. The molecule has 0 radical (unpaired) electrons. The Balaban J connectivity index is 2.40. The zero-order valence-corrected chi connectivity index (χ0v) is 14.0. The van der Waals surface area contributed by atoms with E-state index < -0.39 is 0 Å². The molecule has 5 nitrogen and oxygen atoms in total. The third-order valence-electron chi connectivity index (χ3n) is 3.33. The zero-order chi connectivity index (χ0) is 16.3. The summed E-state index contributed by atoms with van der Waals surface area (Å²) in [5.74, 6) is 1.84. The van der Waals surface area contributed by atoms with E-state index in [1.54, 1.807) is 14.2 Å². The van der Waals surface area contributed by atoms with Gasteiger partial charge in [0.1, 0.15) is 0 Å². The Morgan fingerprint density at radius 1 is 1.09 bits per heavy atom. The van der Waals surface area contributed by atoms with Crippen LogP contribution in [0.2, 0.25) is 0 Å². The second-order valence-corrected chi connectivity index (χ2v) is 6.14. The Kier molecular flexibility index (Phi) is 4.54. The van der Waals surface area contributed by atoms with Gasteiger partial charge in [-0.3, -0.25) is 0 Å². The first-order chi connectivity index (χ1) is 10.4. The maximum absolute atomic E-state index is 5.42. The van der Waals surface area contributed by atoms with E-state index >= 15 is 0 Å².